The number of alkyl halides is 3. The first-order valence-corrected chi connectivity index (χ1v) is 11.2. The van der Waals surface area contributed by atoms with Crippen molar-refractivity contribution in [3.63, 3.8) is 0 Å². The Labute approximate surface area is 203 Å². The minimum atomic E-state index is -4.46. The van der Waals surface area contributed by atoms with Gasteiger partial charge in [0, 0.05) is 18.5 Å². The van der Waals surface area contributed by atoms with E-state index in [1.165, 1.54) is 24.4 Å². The minimum Gasteiger partial charge on any atom is -0.394 e. The molecular formula is C24H26F3N3O6. The van der Waals surface area contributed by atoms with Crippen molar-refractivity contribution in [2.45, 2.75) is 51.1 Å². The largest absolute Gasteiger partial charge is 0.416 e. The van der Waals surface area contributed by atoms with Crippen molar-refractivity contribution in [1.82, 2.24) is 14.1 Å². The van der Waals surface area contributed by atoms with Crippen LogP contribution >= 0.6 is 0 Å². The van der Waals surface area contributed by atoms with Crippen LogP contribution in [0.2, 0.25) is 0 Å². The van der Waals surface area contributed by atoms with Gasteiger partial charge in [0.15, 0.2) is 6.23 Å². The van der Waals surface area contributed by atoms with E-state index in [9.17, 15) is 38.1 Å². The number of ether oxygens (including phenoxy) is 1. The Morgan fingerprint density at radius 3 is 2.25 bits per heavy atom. The zero-order valence-corrected chi connectivity index (χ0v) is 19.5. The highest BCUT2D eigenvalue weighted by atomic mass is 19.4. The summed E-state index contributed by atoms with van der Waals surface area (Å²) in [6.07, 6.45) is -7.30. The van der Waals surface area contributed by atoms with Crippen LogP contribution in [0.5, 0.6) is 0 Å². The van der Waals surface area contributed by atoms with Crippen molar-refractivity contribution in [3.05, 3.63) is 87.0 Å². The van der Waals surface area contributed by atoms with Gasteiger partial charge in [-0.05, 0) is 35.4 Å². The lowest BCUT2D eigenvalue weighted by molar-refractivity contribution is -0.137. The van der Waals surface area contributed by atoms with E-state index >= 15 is 0 Å². The zero-order valence-electron chi connectivity index (χ0n) is 19.5. The van der Waals surface area contributed by atoms with Gasteiger partial charge in [0.25, 0.3) is 5.56 Å². The summed E-state index contributed by atoms with van der Waals surface area (Å²) in [5.74, 6) is 0. The highest BCUT2D eigenvalue weighted by molar-refractivity contribution is 5.63. The van der Waals surface area contributed by atoms with Crippen LogP contribution in [0.25, 0.3) is 11.1 Å². The van der Waals surface area contributed by atoms with Gasteiger partial charge in [-0.25, -0.2) is 4.79 Å². The highest BCUT2D eigenvalue weighted by Crippen LogP contribution is 2.31. The molecule has 1 fully saturated rings. The van der Waals surface area contributed by atoms with E-state index in [0.717, 1.165) is 33.5 Å². The van der Waals surface area contributed by atoms with Crippen LogP contribution in [0.1, 0.15) is 31.3 Å². The van der Waals surface area contributed by atoms with Crippen molar-refractivity contribution in [2.75, 3.05) is 6.61 Å². The Kier molecular flexibility index (Phi) is 8.46. The average molecular weight is 509 g/mol. The van der Waals surface area contributed by atoms with E-state index in [4.69, 9.17) is 4.74 Å². The SMILES string of the molecule is CC.O=c1ccn(C2OC(CO)C(O)C2O)c(=O)n1Cc1cc(-c2ccc(C(F)(F)F)cc2)ccn1. The third kappa shape index (κ3) is 5.57. The molecule has 1 aliphatic heterocycles. The standard InChI is InChI=1S/C22H20F3N3O6.C2H6/c23-22(24,25)14-3-1-12(2-4-14)13-5-7-26-15(9-13)10-28-17(30)6-8-27(21(28)33)20-19(32)18(31)16(11-29)34-20;1-2/h1-9,16,18-20,29,31-32H,10-11H2;1-2H3. The minimum absolute atomic E-state index is 0.262. The third-order valence-electron chi connectivity index (χ3n) is 5.57. The molecule has 0 aliphatic carbocycles. The van der Waals surface area contributed by atoms with E-state index < -0.39 is 54.1 Å². The van der Waals surface area contributed by atoms with E-state index in [0.29, 0.717) is 11.1 Å². The molecule has 0 saturated carbocycles. The average Bonchev–Trinajstić information content (AvgIpc) is 3.16. The molecule has 4 atom stereocenters. The quantitative estimate of drug-likeness (QED) is 0.479. The van der Waals surface area contributed by atoms with Crippen LogP contribution in [0.4, 0.5) is 13.2 Å². The van der Waals surface area contributed by atoms with E-state index in [2.05, 4.69) is 4.98 Å². The summed E-state index contributed by atoms with van der Waals surface area (Å²) in [6.45, 7) is 3.16. The van der Waals surface area contributed by atoms with Gasteiger partial charge in [-0.15, -0.1) is 0 Å². The third-order valence-corrected chi connectivity index (χ3v) is 5.57. The van der Waals surface area contributed by atoms with Gasteiger partial charge in [-0.2, -0.15) is 13.2 Å². The lowest BCUT2D eigenvalue weighted by atomic mass is 10.0. The second-order valence-corrected chi connectivity index (χ2v) is 7.77. The Morgan fingerprint density at radius 2 is 1.67 bits per heavy atom. The normalized spacial score (nSPS) is 21.7. The number of hydrogen-bond donors (Lipinski definition) is 3. The van der Waals surface area contributed by atoms with E-state index in [-0.39, 0.29) is 12.2 Å². The van der Waals surface area contributed by atoms with Crippen LogP contribution in [0.15, 0.2) is 64.4 Å². The van der Waals surface area contributed by atoms with Crippen LogP contribution < -0.4 is 11.2 Å². The number of halogens is 3. The van der Waals surface area contributed by atoms with E-state index in [1.807, 2.05) is 13.8 Å². The van der Waals surface area contributed by atoms with Crippen LogP contribution in [0.3, 0.4) is 0 Å². The number of aliphatic hydroxyl groups excluding tert-OH is 3. The molecule has 0 radical (unpaired) electrons. The van der Waals surface area contributed by atoms with Gasteiger partial charge >= 0.3 is 11.9 Å². The number of nitrogens with zero attached hydrogens (tertiary/aromatic N) is 3. The maximum absolute atomic E-state index is 13.0. The molecule has 3 aromatic rings. The van der Waals surface area contributed by atoms with Crippen LogP contribution in [-0.4, -0.2) is 54.4 Å². The molecule has 0 amide bonds. The predicted octanol–water partition coefficient (Wildman–Crippen LogP) is 1.78. The van der Waals surface area contributed by atoms with E-state index in [1.54, 1.807) is 6.07 Å². The summed E-state index contributed by atoms with van der Waals surface area (Å²) in [5, 5.41) is 29.4. The summed E-state index contributed by atoms with van der Waals surface area (Å²) in [5.41, 5.74) is -0.978. The number of rotatable bonds is 5. The van der Waals surface area contributed by atoms with Gasteiger partial charge in [0.1, 0.15) is 18.3 Å². The summed E-state index contributed by atoms with van der Waals surface area (Å²) in [7, 11) is 0. The molecule has 0 spiro atoms. The number of hydrogen-bond acceptors (Lipinski definition) is 7. The van der Waals surface area contributed by atoms with Crippen LogP contribution in [-0.2, 0) is 17.5 Å². The zero-order chi connectivity index (χ0) is 26.6. The van der Waals surface area contributed by atoms with Gasteiger partial charge < -0.3 is 20.1 Å². The Bertz CT molecular complexity index is 1290. The number of aliphatic hydroxyl groups is 3. The molecule has 4 rings (SSSR count). The summed E-state index contributed by atoms with van der Waals surface area (Å²) < 4.78 is 45.6. The van der Waals surface area contributed by atoms with Crippen molar-refractivity contribution in [2.24, 2.45) is 0 Å². The predicted molar refractivity (Wildman–Crippen MR) is 123 cm³/mol. The second kappa shape index (κ2) is 11.2. The monoisotopic (exact) mass is 509 g/mol. The molecule has 0 bridgehead atoms. The highest BCUT2D eigenvalue weighted by Gasteiger charge is 2.43. The molecule has 4 unspecified atom stereocenters. The van der Waals surface area contributed by atoms with Crippen LogP contribution in [0, 0.1) is 0 Å². The van der Waals surface area contributed by atoms with Crippen molar-refractivity contribution in [3.8, 4) is 11.1 Å². The summed E-state index contributed by atoms with van der Waals surface area (Å²) in [6, 6.07) is 8.73. The molecule has 36 heavy (non-hydrogen) atoms. The maximum atomic E-state index is 13.0. The fourth-order valence-corrected chi connectivity index (χ4v) is 3.74. The fourth-order valence-electron chi connectivity index (χ4n) is 3.74. The first kappa shape index (κ1) is 27.3. The molecule has 1 aromatic carbocycles. The maximum Gasteiger partial charge on any atom is 0.416 e. The van der Waals surface area contributed by atoms with Crippen molar-refractivity contribution >= 4 is 0 Å². The Morgan fingerprint density at radius 1 is 1.00 bits per heavy atom. The topological polar surface area (TPSA) is 127 Å². The Hall–Kier alpha value is -3.32. The molecule has 2 aromatic heterocycles. The number of aromatic nitrogens is 3. The molecule has 3 N–H and O–H groups in total. The number of pyridine rings is 1. The first-order chi connectivity index (χ1) is 17.1. The van der Waals surface area contributed by atoms with Crippen molar-refractivity contribution < 1.29 is 33.2 Å². The lowest BCUT2D eigenvalue weighted by Crippen LogP contribution is -2.43. The smallest absolute Gasteiger partial charge is 0.394 e. The second-order valence-electron chi connectivity index (χ2n) is 7.77. The van der Waals surface area contributed by atoms with Gasteiger partial charge in [0.2, 0.25) is 0 Å². The molecular weight excluding hydrogens is 483 g/mol. The summed E-state index contributed by atoms with van der Waals surface area (Å²) >= 11 is 0. The fraction of sp³-hybridized carbons (Fsp3) is 0.375. The number of benzene rings is 1. The Balaban J connectivity index is 0.00000176. The molecule has 194 valence electrons. The molecule has 3 heterocycles. The molecule has 9 nitrogen and oxygen atoms in total. The van der Waals surface area contributed by atoms with Gasteiger partial charge in [0.05, 0.1) is 24.4 Å². The summed E-state index contributed by atoms with van der Waals surface area (Å²) in [4.78, 5) is 29.5. The van der Waals surface area contributed by atoms with Crippen molar-refractivity contribution in [1.29, 1.82) is 0 Å². The molecule has 1 saturated heterocycles. The molecule has 12 heteroatoms. The first-order valence-electron chi connectivity index (χ1n) is 11.2. The lowest BCUT2D eigenvalue weighted by Gasteiger charge is -2.18. The van der Waals surface area contributed by atoms with Gasteiger partial charge in [-0.3, -0.25) is 18.9 Å². The molecule has 1 aliphatic rings. The van der Waals surface area contributed by atoms with Gasteiger partial charge in [-0.1, -0.05) is 26.0 Å².